The zero-order valence-electron chi connectivity index (χ0n) is 11.0. The molecule has 1 amide bonds. The molecule has 102 valence electrons. The van der Waals surface area contributed by atoms with Gasteiger partial charge in [0.25, 0.3) is 5.91 Å². The van der Waals surface area contributed by atoms with Crippen LogP contribution in [0.1, 0.15) is 26.6 Å². The smallest absolute Gasteiger partial charge is 0.262 e. The Bertz CT molecular complexity index is 668. The summed E-state index contributed by atoms with van der Waals surface area (Å²) in [4.78, 5) is 17.0. The normalized spacial score (nSPS) is 9.70. The van der Waals surface area contributed by atoms with Crippen LogP contribution in [0.5, 0.6) is 0 Å². The summed E-state index contributed by atoms with van der Waals surface area (Å²) in [5.74, 6) is 5.14. The molecule has 5 heteroatoms. The molecule has 0 saturated carbocycles. The van der Waals surface area contributed by atoms with Crippen LogP contribution in [-0.4, -0.2) is 22.6 Å². The zero-order chi connectivity index (χ0) is 14.4. The number of aromatic nitrogens is 1. The summed E-state index contributed by atoms with van der Waals surface area (Å²) in [5.41, 5.74) is 2.37. The Balaban J connectivity index is 2.04. The Labute approximate surface area is 121 Å². The number of amides is 1. The molecule has 0 atom stereocenters. The summed E-state index contributed by atoms with van der Waals surface area (Å²) in [6, 6.07) is 7.46. The van der Waals surface area contributed by atoms with Gasteiger partial charge in [0.2, 0.25) is 0 Å². The third kappa shape index (κ3) is 3.67. The quantitative estimate of drug-likeness (QED) is 0.845. The molecule has 2 aromatic rings. The van der Waals surface area contributed by atoms with Crippen molar-refractivity contribution in [2.75, 3.05) is 6.61 Å². The van der Waals surface area contributed by atoms with Crippen molar-refractivity contribution in [3.8, 4) is 11.8 Å². The van der Waals surface area contributed by atoms with Gasteiger partial charge >= 0.3 is 0 Å². The van der Waals surface area contributed by atoms with Crippen molar-refractivity contribution in [2.45, 2.75) is 13.5 Å². The SMILES string of the molecule is Cc1cccc(CNC(=O)c2sccc2C#CCO)n1. The van der Waals surface area contributed by atoms with Crippen molar-refractivity contribution in [1.29, 1.82) is 0 Å². The second-order valence-corrected chi connectivity index (χ2v) is 4.99. The van der Waals surface area contributed by atoms with E-state index in [9.17, 15) is 4.79 Å². The van der Waals surface area contributed by atoms with Crippen LogP contribution in [0.15, 0.2) is 29.6 Å². The van der Waals surface area contributed by atoms with E-state index in [4.69, 9.17) is 5.11 Å². The van der Waals surface area contributed by atoms with Crippen molar-refractivity contribution in [1.82, 2.24) is 10.3 Å². The fourth-order valence-corrected chi connectivity index (χ4v) is 2.43. The number of aryl methyl sites for hydroxylation is 1. The molecular formula is C15H14N2O2S. The molecule has 0 radical (unpaired) electrons. The molecule has 0 aromatic carbocycles. The van der Waals surface area contributed by atoms with Crippen molar-refractivity contribution >= 4 is 17.2 Å². The third-order valence-corrected chi connectivity index (χ3v) is 3.46. The first-order chi connectivity index (χ1) is 9.70. The number of hydrogen-bond donors (Lipinski definition) is 2. The highest BCUT2D eigenvalue weighted by molar-refractivity contribution is 7.12. The number of carbonyl (C=O) groups is 1. The predicted molar refractivity (Wildman–Crippen MR) is 78.4 cm³/mol. The fraction of sp³-hybridized carbons (Fsp3) is 0.200. The predicted octanol–water partition coefficient (Wildman–Crippen LogP) is 1.73. The molecule has 2 rings (SSSR count). The van der Waals surface area contributed by atoms with Crippen LogP contribution in [0.3, 0.4) is 0 Å². The van der Waals surface area contributed by atoms with E-state index in [1.54, 1.807) is 11.4 Å². The monoisotopic (exact) mass is 286 g/mol. The summed E-state index contributed by atoms with van der Waals surface area (Å²) in [6.07, 6.45) is 0. The van der Waals surface area contributed by atoms with Crippen LogP contribution in [0.4, 0.5) is 0 Å². The Hall–Kier alpha value is -2.16. The zero-order valence-corrected chi connectivity index (χ0v) is 11.8. The Morgan fingerprint density at radius 2 is 2.30 bits per heavy atom. The minimum Gasteiger partial charge on any atom is -0.384 e. The van der Waals surface area contributed by atoms with Gasteiger partial charge in [0.15, 0.2) is 0 Å². The molecule has 0 saturated heterocycles. The Kier molecular flexibility index (Phi) is 4.88. The van der Waals surface area contributed by atoms with E-state index >= 15 is 0 Å². The van der Waals surface area contributed by atoms with Gasteiger partial charge in [-0.05, 0) is 30.5 Å². The average Bonchev–Trinajstić information content (AvgIpc) is 2.91. The number of pyridine rings is 1. The Morgan fingerprint density at radius 1 is 1.45 bits per heavy atom. The number of thiophene rings is 1. The summed E-state index contributed by atoms with van der Waals surface area (Å²) >= 11 is 1.33. The van der Waals surface area contributed by atoms with Crippen molar-refractivity contribution in [2.24, 2.45) is 0 Å². The molecule has 20 heavy (non-hydrogen) atoms. The van der Waals surface area contributed by atoms with Gasteiger partial charge in [-0.15, -0.1) is 11.3 Å². The molecule has 0 aliphatic rings. The molecule has 0 aliphatic carbocycles. The van der Waals surface area contributed by atoms with E-state index in [-0.39, 0.29) is 12.5 Å². The highest BCUT2D eigenvalue weighted by atomic mass is 32.1. The largest absolute Gasteiger partial charge is 0.384 e. The summed E-state index contributed by atoms with van der Waals surface area (Å²) in [7, 11) is 0. The molecular weight excluding hydrogens is 272 g/mol. The van der Waals surface area contributed by atoms with Gasteiger partial charge in [-0.25, -0.2) is 0 Å². The van der Waals surface area contributed by atoms with E-state index in [1.165, 1.54) is 11.3 Å². The number of hydrogen-bond acceptors (Lipinski definition) is 4. The first kappa shape index (κ1) is 14.3. The standard InChI is InChI=1S/C15H14N2O2S/c1-11-4-2-6-13(17-11)10-16-15(19)14-12(5-3-8-18)7-9-20-14/h2,4,6-7,9,18H,8,10H2,1H3,(H,16,19). The minimum absolute atomic E-state index is 0.175. The topological polar surface area (TPSA) is 62.2 Å². The first-order valence-electron chi connectivity index (χ1n) is 6.08. The number of nitrogens with one attached hydrogen (secondary N) is 1. The molecule has 2 N–H and O–H groups in total. The van der Waals surface area contributed by atoms with Gasteiger partial charge in [0.05, 0.1) is 12.2 Å². The maximum Gasteiger partial charge on any atom is 0.262 e. The highest BCUT2D eigenvalue weighted by Gasteiger charge is 2.11. The molecule has 0 spiro atoms. The second-order valence-electron chi connectivity index (χ2n) is 4.08. The molecule has 0 unspecified atom stereocenters. The summed E-state index contributed by atoms with van der Waals surface area (Å²) < 4.78 is 0. The lowest BCUT2D eigenvalue weighted by molar-refractivity contribution is 0.0954. The van der Waals surface area contributed by atoms with Gasteiger partial charge in [0.1, 0.15) is 11.5 Å². The van der Waals surface area contributed by atoms with Gasteiger partial charge in [-0.2, -0.15) is 0 Å². The maximum absolute atomic E-state index is 12.1. The molecule has 0 aliphatic heterocycles. The summed E-state index contributed by atoms with van der Waals surface area (Å²) in [5, 5.41) is 13.3. The molecule has 2 aromatic heterocycles. The Morgan fingerprint density at radius 3 is 3.05 bits per heavy atom. The van der Waals surface area contributed by atoms with Crippen LogP contribution in [-0.2, 0) is 6.54 Å². The number of aliphatic hydroxyl groups is 1. The maximum atomic E-state index is 12.1. The van der Waals surface area contributed by atoms with Gasteiger partial charge in [-0.1, -0.05) is 17.9 Å². The number of rotatable bonds is 3. The number of nitrogens with zero attached hydrogens (tertiary/aromatic N) is 1. The lowest BCUT2D eigenvalue weighted by atomic mass is 10.2. The van der Waals surface area contributed by atoms with Crippen LogP contribution < -0.4 is 5.32 Å². The number of aliphatic hydroxyl groups excluding tert-OH is 1. The highest BCUT2D eigenvalue weighted by Crippen LogP contribution is 2.15. The second kappa shape index (κ2) is 6.85. The van der Waals surface area contributed by atoms with Gasteiger partial charge in [0, 0.05) is 11.3 Å². The van der Waals surface area contributed by atoms with Crippen LogP contribution in [0.25, 0.3) is 0 Å². The van der Waals surface area contributed by atoms with Crippen molar-refractivity contribution in [3.63, 3.8) is 0 Å². The summed E-state index contributed by atoms with van der Waals surface area (Å²) in [6.45, 7) is 2.07. The molecule has 2 heterocycles. The molecule has 4 nitrogen and oxygen atoms in total. The number of carbonyl (C=O) groups excluding carboxylic acids is 1. The van der Waals surface area contributed by atoms with Crippen molar-refractivity contribution < 1.29 is 9.90 Å². The fourth-order valence-electron chi connectivity index (χ4n) is 1.67. The van der Waals surface area contributed by atoms with E-state index in [0.29, 0.717) is 17.0 Å². The lowest BCUT2D eigenvalue weighted by Gasteiger charge is -2.04. The molecule has 0 bridgehead atoms. The third-order valence-electron chi connectivity index (χ3n) is 2.55. The van der Waals surface area contributed by atoms with E-state index in [2.05, 4.69) is 22.1 Å². The molecule has 0 fully saturated rings. The van der Waals surface area contributed by atoms with E-state index in [0.717, 1.165) is 11.4 Å². The van der Waals surface area contributed by atoms with Crippen LogP contribution in [0, 0.1) is 18.8 Å². The average molecular weight is 286 g/mol. The van der Waals surface area contributed by atoms with E-state index in [1.807, 2.05) is 25.1 Å². The van der Waals surface area contributed by atoms with E-state index < -0.39 is 0 Å². The lowest BCUT2D eigenvalue weighted by Crippen LogP contribution is -2.23. The first-order valence-corrected chi connectivity index (χ1v) is 6.96. The van der Waals surface area contributed by atoms with Gasteiger partial charge in [-0.3, -0.25) is 9.78 Å². The van der Waals surface area contributed by atoms with Crippen molar-refractivity contribution in [3.05, 3.63) is 51.5 Å². The van der Waals surface area contributed by atoms with Crippen LogP contribution >= 0.6 is 11.3 Å². The van der Waals surface area contributed by atoms with Crippen LogP contribution in [0.2, 0.25) is 0 Å². The van der Waals surface area contributed by atoms with Gasteiger partial charge < -0.3 is 10.4 Å². The minimum atomic E-state index is -0.218.